The van der Waals surface area contributed by atoms with Crippen LogP contribution in [-0.4, -0.2) is 78.6 Å². The molecule has 0 radical (unpaired) electrons. The molecule has 9 heteroatoms. The molecule has 1 N–H and O–H groups in total. The topological polar surface area (TPSA) is 99.3 Å². The lowest BCUT2D eigenvalue weighted by molar-refractivity contribution is -0.138. The fourth-order valence-corrected chi connectivity index (χ4v) is 5.84. The highest BCUT2D eigenvalue weighted by molar-refractivity contribution is 6.03. The van der Waals surface area contributed by atoms with Gasteiger partial charge in [0, 0.05) is 37.5 Å². The maximum absolute atomic E-state index is 13.8. The number of anilines is 1. The molecule has 3 amide bonds. The third-order valence-electron chi connectivity index (χ3n) is 8.00. The smallest absolute Gasteiger partial charge is 0.254 e. The van der Waals surface area contributed by atoms with Crippen LogP contribution in [0.3, 0.4) is 0 Å². The normalized spacial score (nSPS) is 18.4. The molecule has 224 valence electrons. The average Bonchev–Trinajstić information content (AvgIpc) is 3.58. The Kier molecular flexibility index (Phi) is 8.80. The van der Waals surface area contributed by atoms with E-state index in [9.17, 15) is 19.2 Å². The molecule has 0 aliphatic carbocycles. The first-order valence-corrected chi connectivity index (χ1v) is 14.7. The lowest BCUT2D eigenvalue weighted by Gasteiger charge is -2.29. The highest BCUT2D eigenvalue weighted by Gasteiger charge is 2.52. The second kappa shape index (κ2) is 12.7. The van der Waals surface area contributed by atoms with Crippen molar-refractivity contribution in [2.24, 2.45) is 5.92 Å². The Bertz CT molecular complexity index is 1470. The van der Waals surface area contributed by atoms with Gasteiger partial charge in [-0.25, -0.2) is 0 Å². The minimum absolute atomic E-state index is 0.0559. The molecule has 0 bridgehead atoms. The Morgan fingerprint density at radius 1 is 0.884 bits per heavy atom. The lowest BCUT2D eigenvalue weighted by atomic mass is 10.0. The van der Waals surface area contributed by atoms with Gasteiger partial charge in [0.1, 0.15) is 23.6 Å². The van der Waals surface area contributed by atoms with E-state index < -0.39 is 18.1 Å². The molecule has 9 nitrogen and oxygen atoms in total. The number of likely N-dealkylation sites (tertiary alicyclic amines) is 2. The van der Waals surface area contributed by atoms with Crippen LogP contribution in [0.4, 0.5) is 5.69 Å². The second-order valence-electron chi connectivity index (χ2n) is 11.8. The first-order chi connectivity index (χ1) is 20.6. The van der Waals surface area contributed by atoms with E-state index in [4.69, 9.17) is 4.74 Å². The Morgan fingerprint density at radius 3 is 2.14 bits per heavy atom. The summed E-state index contributed by atoms with van der Waals surface area (Å²) in [6.07, 6.45) is 0.930. The van der Waals surface area contributed by atoms with Crippen molar-refractivity contribution in [3.63, 3.8) is 0 Å². The number of hydrogen-bond donors (Lipinski definition) is 1. The molecule has 5 rings (SSSR count). The molecule has 2 aliphatic rings. The van der Waals surface area contributed by atoms with Gasteiger partial charge < -0.3 is 24.8 Å². The first-order valence-electron chi connectivity index (χ1n) is 14.7. The van der Waals surface area contributed by atoms with Gasteiger partial charge in [0.25, 0.3) is 11.8 Å². The minimum atomic E-state index is -0.783. The monoisotopic (exact) mass is 582 g/mol. The van der Waals surface area contributed by atoms with E-state index in [2.05, 4.69) is 5.32 Å². The summed E-state index contributed by atoms with van der Waals surface area (Å²) in [7, 11) is 3.85. The van der Waals surface area contributed by atoms with Crippen LogP contribution in [0.25, 0.3) is 0 Å². The number of carbonyl (C=O) groups excluding carboxylic acids is 4. The van der Waals surface area contributed by atoms with E-state index in [-0.39, 0.29) is 36.0 Å². The number of hydrogen-bond acceptors (Lipinski definition) is 6. The van der Waals surface area contributed by atoms with E-state index in [1.54, 1.807) is 46.2 Å². The van der Waals surface area contributed by atoms with Crippen molar-refractivity contribution in [3.05, 3.63) is 90.0 Å². The molecule has 2 heterocycles. The van der Waals surface area contributed by atoms with Crippen molar-refractivity contribution in [2.45, 2.75) is 44.8 Å². The first kappa shape index (κ1) is 29.8. The van der Waals surface area contributed by atoms with Gasteiger partial charge in [-0.3, -0.25) is 19.2 Å². The van der Waals surface area contributed by atoms with Gasteiger partial charge in [-0.05, 0) is 79.4 Å². The predicted molar refractivity (Wildman–Crippen MR) is 164 cm³/mol. The summed E-state index contributed by atoms with van der Waals surface area (Å²) in [6, 6.07) is 21.5. The Labute approximate surface area is 252 Å². The van der Waals surface area contributed by atoms with Gasteiger partial charge in [0.2, 0.25) is 5.91 Å². The number of ketones is 1. The summed E-state index contributed by atoms with van der Waals surface area (Å²) in [6.45, 7) is 4.26. The summed E-state index contributed by atoms with van der Waals surface area (Å²) in [5.41, 5.74) is 1.87. The Morgan fingerprint density at radius 2 is 1.51 bits per heavy atom. The van der Waals surface area contributed by atoms with Crippen LogP contribution in [0.15, 0.2) is 78.9 Å². The number of rotatable bonds is 9. The molecular formula is C34H38N4O5. The number of fused-ring (bicyclic) bond motifs is 1. The zero-order chi connectivity index (χ0) is 30.7. The minimum Gasteiger partial charge on any atom is -0.457 e. The fourth-order valence-electron chi connectivity index (χ4n) is 5.84. The molecule has 0 aromatic heterocycles. The number of benzene rings is 3. The van der Waals surface area contributed by atoms with Crippen LogP contribution in [0, 0.1) is 5.92 Å². The van der Waals surface area contributed by atoms with Crippen LogP contribution in [-0.2, 0) is 9.59 Å². The zero-order valence-corrected chi connectivity index (χ0v) is 25.0. The summed E-state index contributed by atoms with van der Waals surface area (Å²) < 4.78 is 5.83. The van der Waals surface area contributed by atoms with Gasteiger partial charge in [-0.1, -0.05) is 32.0 Å². The zero-order valence-electron chi connectivity index (χ0n) is 25.0. The van der Waals surface area contributed by atoms with E-state index in [0.29, 0.717) is 42.0 Å². The van der Waals surface area contributed by atoms with Crippen LogP contribution < -0.4 is 15.0 Å². The van der Waals surface area contributed by atoms with Crippen LogP contribution in [0.5, 0.6) is 11.5 Å². The highest BCUT2D eigenvalue weighted by Crippen LogP contribution is 2.32. The van der Waals surface area contributed by atoms with Crippen molar-refractivity contribution < 1.29 is 23.9 Å². The van der Waals surface area contributed by atoms with Crippen LogP contribution in [0.2, 0.25) is 0 Å². The summed E-state index contributed by atoms with van der Waals surface area (Å²) in [5.74, 6) is 0.382. The summed E-state index contributed by atoms with van der Waals surface area (Å²) in [5, 5.41) is 2.92. The third kappa shape index (κ3) is 6.56. The molecule has 0 spiro atoms. The van der Waals surface area contributed by atoms with Gasteiger partial charge in [-0.2, -0.15) is 0 Å². The highest BCUT2D eigenvalue weighted by atomic mass is 16.5. The van der Waals surface area contributed by atoms with Crippen molar-refractivity contribution in [2.75, 3.05) is 32.1 Å². The van der Waals surface area contributed by atoms with E-state index in [0.717, 1.165) is 5.69 Å². The third-order valence-corrected chi connectivity index (χ3v) is 8.00. The number of nitrogens with zero attached hydrogens (tertiary/aromatic N) is 3. The van der Waals surface area contributed by atoms with Gasteiger partial charge in [0.15, 0.2) is 5.78 Å². The number of para-hydroxylation sites is 1. The lowest BCUT2D eigenvalue weighted by Crippen LogP contribution is -2.53. The molecule has 3 atom stereocenters. The predicted octanol–water partition coefficient (Wildman–Crippen LogP) is 4.38. The van der Waals surface area contributed by atoms with Crippen molar-refractivity contribution in [3.8, 4) is 11.5 Å². The van der Waals surface area contributed by atoms with Crippen LogP contribution in [0.1, 0.15) is 47.4 Å². The number of ether oxygens (including phenoxy) is 1. The molecule has 3 aromatic carbocycles. The largest absolute Gasteiger partial charge is 0.457 e. The van der Waals surface area contributed by atoms with E-state index in [1.165, 1.54) is 0 Å². The van der Waals surface area contributed by atoms with Gasteiger partial charge >= 0.3 is 0 Å². The molecule has 0 saturated carbocycles. The fraction of sp³-hybridized carbons (Fsp3) is 0.353. The van der Waals surface area contributed by atoms with Gasteiger partial charge in [0.05, 0.1) is 12.6 Å². The molecular weight excluding hydrogens is 544 g/mol. The molecule has 2 aliphatic heterocycles. The van der Waals surface area contributed by atoms with Crippen molar-refractivity contribution in [1.82, 2.24) is 15.1 Å². The average molecular weight is 583 g/mol. The van der Waals surface area contributed by atoms with E-state index >= 15 is 0 Å². The van der Waals surface area contributed by atoms with Crippen LogP contribution >= 0.6 is 0 Å². The van der Waals surface area contributed by atoms with Gasteiger partial charge in [-0.15, -0.1) is 0 Å². The summed E-state index contributed by atoms with van der Waals surface area (Å²) >= 11 is 0. The molecule has 2 fully saturated rings. The second-order valence-corrected chi connectivity index (χ2v) is 11.8. The van der Waals surface area contributed by atoms with Crippen molar-refractivity contribution >= 4 is 29.2 Å². The SMILES string of the molecule is CC(C)C[C@H](NC(=O)c1ccc(N(C)C)cc1)C(=O)N1CC[C@@H]2[C@H]1C(=O)CN2C(=O)c1ccc(Oc2ccccc2)cc1. The molecule has 43 heavy (non-hydrogen) atoms. The maximum atomic E-state index is 13.8. The standard InChI is InChI=1S/C34H38N4O5/c1-22(2)20-28(35-32(40)23-10-14-25(15-11-23)36(3)4)34(42)37-19-18-29-31(37)30(39)21-38(29)33(41)24-12-16-27(17-13-24)43-26-8-6-5-7-9-26/h5-17,22,28-29,31H,18-21H2,1-4H3,(H,35,40)/t28-,29+,31-/m0/s1. The molecule has 2 saturated heterocycles. The molecule has 3 aromatic rings. The number of carbonyl (C=O) groups is 4. The number of nitrogens with one attached hydrogen (secondary N) is 1. The quantitative estimate of drug-likeness (QED) is 0.402. The Hall–Kier alpha value is -4.66. The molecule has 0 unspecified atom stereocenters. The summed E-state index contributed by atoms with van der Waals surface area (Å²) in [4.78, 5) is 58.8. The maximum Gasteiger partial charge on any atom is 0.254 e. The Balaban J connectivity index is 1.27. The van der Waals surface area contributed by atoms with E-state index in [1.807, 2.05) is 75.3 Å². The number of Topliss-reactive ketones (excluding diaryl/α,β-unsaturated/α-hetero) is 1. The number of amides is 3. The van der Waals surface area contributed by atoms with Crippen molar-refractivity contribution in [1.29, 1.82) is 0 Å².